The van der Waals surface area contributed by atoms with Crippen molar-refractivity contribution in [1.29, 1.82) is 0 Å². The van der Waals surface area contributed by atoms with Crippen LogP contribution in [0.4, 0.5) is 0 Å². The highest BCUT2D eigenvalue weighted by molar-refractivity contribution is 6.32. The number of benzene rings is 1. The average Bonchev–Trinajstić information content (AvgIpc) is 2.01. The molecule has 0 N–H and O–H groups in total. The van der Waals surface area contributed by atoms with Crippen molar-refractivity contribution in [3.8, 4) is 0 Å². The van der Waals surface area contributed by atoms with Crippen molar-refractivity contribution in [1.82, 2.24) is 0 Å². The highest BCUT2D eigenvalue weighted by Crippen LogP contribution is 2.22. The van der Waals surface area contributed by atoms with Crippen molar-refractivity contribution < 1.29 is 0 Å². The predicted molar refractivity (Wildman–Crippen MR) is 54.6 cm³/mol. The Kier molecular flexibility index (Phi) is 3.16. The highest BCUT2D eigenvalue weighted by atomic mass is 35.5. The van der Waals surface area contributed by atoms with Gasteiger partial charge in [-0.3, -0.25) is 0 Å². The molecule has 0 aliphatic carbocycles. The number of aryl methyl sites for hydroxylation is 2. The SMILES string of the molecule is CC[CH]c1cc(C)c(Cl)c(C)c1. The predicted octanol–water partition coefficient (Wildman–Crippen LogP) is 3.92. The van der Waals surface area contributed by atoms with E-state index in [9.17, 15) is 0 Å². The minimum absolute atomic E-state index is 0.892. The monoisotopic (exact) mass is 181 g/mol. The van der Waals surface area contributed by atoms with Gasteiger partial charge in [0.1, 0.15) is 0 Å². The Balaban J connectivity index is 3.04. The van der Waals surface area contributed by atoms with Crippen molar-refractivity contribution in [2.24, 2.45) is 0 Å². The van der Waals surface area contributed by atoms with Crippen molar-refractivity contribution in [2.75, 3.05) is 0 Å². The second-order valence-electron chi connectivity index (χ2n) is 3.08. The smallest absolute Gasteiger partial charge is 0.0464 e. The van der Waals surface area contributed by atoms with Crippen molar-refractivity contribution in [2.45, 2.75) is 27.2 Å². The minimum atomic E-state index is 0.892. The lowest BCUT2D eigenvalue weighted by molar-refractivity contribution is 1.11. The van der Waals surface area contributed by atoms with E-state index in [2.05, 4.69) is 25.5 Å². The lowest BCUT2D eigenvalue weighted by Gasteiger charge is -2.05. The number of rotatable bonds is 2. The zero-order valence-corrected chi connectivity index (χ0v) is 8.57. The summed E-state index contributed by atoms with van der Waals surface area (Å²) in [6, 6.07) is 4.25. The first-order chi connectivity index (χ1) is 5.65. The Labute approximate surface area is 79.6 Å². The summed E-state index contributed by atoms with van der Waals surface area (Å²) in [6.45, 7) is 6.23. The molecule has 0 aliphatic heterocycles. The van der Waals surface area contributed by atoms with E-state index in [0.29, 0.717) is 0 Å². The first-order valence-corrected chi connectivity index (χ1v) is 4.63. The fraction of sp³-hybridized carbons (Fsp3) is 0.364. The van der Waals surface area contributed by atoms with Gasteiger partial charge in [0.15, 0.2) is 0 Å². The van der Waals surface area contributed by atoms with E-state index in [4.69, 9.17) is 11.6 Å². The molecular weight excluding hydrogens is 168 g/mol. The summed E-state index contributed by atoms with van der Waals surface area (Å²) in [5.74, 6) is 0. The Morgan fingerprint density at radius 1 is 1.25 bits per heavy atom. The topological polar surface area (TPSA) is 0 Å². The van der Waals surface area contributed by atoms with Crippen LogP contribution < -0.4 is 0 Å². The first-order valence-electron chi connectivity index (χ1n) is 4.25. The van der Waals surface area contributed by atoms with Crippen LogP contribution in [0.3, 0.4) is 0 Å². The van der Waals surface area contributed by atoms with E-state index in [1.807, 2.05) is 13.8 Å². The molecule has 1 rings (SSSR count). The molecule has 0 aromatic heterocycles. The fourth-order valence-electron chi connectivity index (χ4n) is 1.33. The summed E-state index contributed by atoms with van der Waals surface area (Å²) in [7, 11) is 0. The van der Waals surface area contributed by atoms with Crippen LogP contribution in [0.15, 0.2) is 12.1 Å². The Morgan fingerprint density at radius 3 is 2.17 bits per heavy atom. The van der Waals surface area contributed by atoms with Gasteiger partial charge in [0, 0.05) is 5.02 Å². The Bertz CT molecular complexity index is 253. The molecule has 1 aromatic carbocycles. The lowest BCUT2D eigenvalue weighted by Crippen LogP contribution is -1.86. The standard InChI is InChI=1S/C11H14Cl/c1-4-5-10-6-8(2)11(12)9(3)7-10/h5-7H,4H2,1-3H3. The molecule has 65 valence electrons. The molecule has 0 unspecified atom stereocenters. The van der Waals surface area contributed by atoms with Gasteiger partial charge in [-0.1, -0.05) is 30.7 Å². The molecule has 0 saturated heterocycles. The van der Waals surface area contributed by atoms with Crippen LogP contribution in [-0.4, -0.2) is 0 Å². The zero-order chi connectivity index (χ0) is 9.14. The summed E-state index contributed by atoms with van der Waals surface area (Å²) >= 11 is 6.04. The summed E-state index contributed by atoms with van der Waals surface area (Å²) in [6.07, 6.45) is 3.27. The third-order valence-electron chi connectivity index (χ3n) is 1.90. The maximum Gasteiger partial charge on any atom is 0.0464 e. The second-order valence-corrected chi connectivity index (χ2v) is 3.46. The molecule has 0 atom stereocenters. The molecule has 1 heteroatoms. The van der Waals surface area contributed by atoms with E-state index in [1.165, 1.54) is 5.56 Å². The molecule has 1 aromatic rings. The van der Waals surface area contributed by atoms with Crippen LogP contribution in [0.1, 0.15) is 30.0 Å². The lowest BCUT2D eigenvalue weighted by atomic mass is 10.0. The zero-order valence-electron chi connectivity index (χ0n) is 7.82. The van der Waals surface area contributed by atoms with E-state index in [-0.39, 0.29) is 0 Å². The van der Waals surface area contributed by atoms with E-state index >= 15 is 0 Å². The molecule has 0 heterocycles. The molecular formula is C11H14Cl. The Hall–Kier alpha value is -0.490. The fourth-order valence-corrected chi connectivity index (χ4v) is 1.44. The molecule has 0 bridgehead atoms. The van der Waals surface area contributed by atoms with Gasteiger partial charge in [-0.15, -0.1) is 0 Å². The van der Waals surface area contributed by atoms with Gasteiger partial charge in [-0.2, -0.15) is 0 Å². The van der Waals surface area contributed by atoms with Crippen LogP contribution in [-0.2, 0) is 0 Å². The van der Waals surface area contributed by atoms with Crippen LogP contribution in [0.5, 0.6) is 0 Å². The molecule has 0 aliphatic rings. The van der Waals surface area contributed by atoms with Gasteiger partial charge in [-0.05, 0) is 43.4 Å². The largest absolute Gasteiger partial charge is 0.0838 e. The van der Waals surface area contributed by atoms with Gasteiger partial charge >= 0.3 is 0 Å². The third-order valence-corrected chi connectivity index (χ3v) is 2.49. The minimum Gasteiger partial charge on any atom is -0.0838 e. The second kappa shape index (κ2) is 3.95. The van der Waals surface area contributed by atoms with Gasteiger partial charge < -0.3 is 0 Å². The molecule has 0 amide bonds. The summed E-state index contributed by atoms with van der Waals surface area (Å²) < 4.78 is 0. The van der Waals surface area contributed by atoms with E-state index in [1.54, 1.807) is 0 Å². The third kappa shape index (κ3) is 2.01. The first kappa shape index (κ1) is 9.60. The summed E-state index contributed by atoms with van der Waals surface area (Å²) in [4.78, 5) is 0. The molecule has 0 spiro atoms. The molecule has 0 fully saturated rings. The van der Waals surface area contributed by atoms with Gasteiger partial charge in [0.05, 0.1) is 0 Å². The van der Waals surface area contributed by atoms with E-state index < -0.39 is 0 Å². The molecule has 12 heavy (non-hydrogen) atoms. The maximum absolute atomic E-state index is 6.04. The average molecular weight is 182 g/mol. The van der Waals surface area contributed by atoms with Crippen molar-refractivity contribution in [3.63, 3.8) is 0 Å². The van der Waals surface area contributed by atoms with Gasteiger partial charge in [0.2, 0.25) is 0 Å². The highest BCUT2D eigenvalue weighted by Gasteiger charge is 2.01. The molecule has 1 radical (unpaired) electrons. The number of hydrogen-bond acceptors (Lipinski definition) is 0. The molecule has 0 nitrogen and oxygen atoms in total. The van der Waals surface area contributed by atoms with Gasteiger partial charge in [-0.25, -0.2) is 0 Å². The summed E-state index contributed by atoms with van der Waals surface area (Å²) in [5.41, 5.74) is 3.60. The summed E-state index contributed by atoms with van der Waals surface area (Å²) in [5, 5.41) is 0.892. The quantitative estimate of drug-likeness (QED) is 0.649. The van der Waals surface area contributed by atoms with Crippen LogP contribution in [0, 0.1) is 20.3 Å². The van der Waals surface area contributed by atoms with Gasteiger partial charge in [0.25, 0.3) is 0 Å². The van der Waals surface area contributed by atoms with Crippen LogP contribution in [0.2, 0.25) is 5.02 Å². The number of hydrogen-bond donors (Lipinski definition) is 0. The van der Waals surface area contributed by atoms with Crippen molar-refractivity contribution >= 4 is 11.6 Å². The van der Waals surface area contributed by atoms with Crippen molar-refractivity contribution in [3.05, 3.63) is 40.3 Å². The van der Waals surface area contributed by atoms with Crippen LogP contribution >= 0.6 is 11.6 Å². The van der Waals surface area contributed by atoms with E-state index in [0.717, 1.165) is 22.6 Å². The maximum atomic E-state index is 6.04. The number of halogens is 1. The molecule has 0 saturated carbocycles. The normalized spacial score (nSPS) is 10.3. The van der Waals surface area contributed by atoms with Crippen LogP contribution in [0.25, 0.3) is 0 Å². The Morgan fingerprint density at radius 2 is 1.75 bits per heavy atom.